The number of hydrogen-bond donors (Lipinski definition) is 1. The lowest BCUT2D eigenvalue weighted by Crippen LogP contribution is -2.22. The van der Waals surface area contributed by atoms with Crippen LogP contribution in [0.25, 0.3) is 0 Å². The molecular formula is C18H20N2O4S. The number of benzene rings is 2. The van der Waals surface area contributed by atoms with Crippen LogP contribution < -0.4 is 10.1 Å². The van der Waals surface area contributed by atoms with Gasteiger partial charge in [0, 0.05) is 22.7 Å². The van der Waals surface area contributed by atoms with Gasteiger partial charge in [-0.3, -0.25) is 14.9 Å². The number of anilines is 1. The van der Waals surface area contributed by atoms with Crippen LogP contribution in [0.1, 0.15) is 20.8 Å². The molecule has 132 valence electrons. The summed E-state index contributed by atoms with van der Waals surface area (Å²) in [7, 11) is 0. The first kappa shape index (κ1) is 18.8. The zero-order valence-corrected chi connectivity index (χ0v) is 15.1. The summed E-state index contributed by atoms with van der Waals surface area (Å²) in [5, 5.41) is 13.2. The summed E-state index contributed by atoms with van der Waals surface area (Å²) in [6.07, 6.45) is 0.0959. The first-order valence-electron chi connectivity index (χ1n) is 7.84. The zero-order chi connectivity index (χ0) is 18.4. The highest BCUT2D eigenvalue weighted by atomic mass is 32.2. The van der Waals surface area contributed by atoms with Gasteiger partial charge in [-0.1, -0.05) is 0 Å². The minimum absolute atomic E-state index is 0.0326. The minimum Gasteiger partial charge on any atom is -0.491 e. The molecule has 0 saturated heterocycles. The van der Waals surface area contributed by atoms with Gasteiger partial charge in [0.1, 0.15) is 5.75 Å². The van der Waals surface area contributed by atoms with E-state index in [-0.39, 0.29) is 22.9 Å². The molecule has 0 aliphatic carbocycles. The molecule has 2 rings (SSSR count). The topological polar surface area (TPSA) is 81.5 Å². The molecule has 1 amide bonds. The summed E-state index contributed by atoms with van der Waals surface area (Å²) in [6.45, 7) is 5.69. The Labute approximate surface area is 150 Å². The normalized spacial score (nSPS) is 11.8. The summed E-state index contributed by atoms with van der Waals surface area (Å²) >= 11 is 1.34. The van der Waals surface area contributed by atoms with Crippen molar-refractivity contribution < 1.29 is 14.5 Å². The predicted molar refractivity (Wildman–Crippen MR) is 99.3 cm³/mol. The Morgan fingerprint density at radius 2 is 1.68 bits per heavy atom. The lowest BCUT2D eigenvalue weighted by atomic mass is 10.3. The molecule has 2 aromatic carbocycles. The van der Waals surface area contributed by atoms with Crippen molar-refractivity contribution in [2.24, 2.45) is 0 Å². The number of non-ortho nitro benzene ring substituents is 1. The lowest BCUT2D eigenvalue weighted by molar-refractivity contribution is -0.384. The average Bonchev–Trinajstić information content (AvgIpc) is 2.56. The van der Waals surface area contributed by atoms with Gasteiger partial charge in [0.2, 0.25) is 5.91 Å². The number of amides is 1. The molecule has 0 saturated carbocycles. The van der Waals surface area contributed by atoms with E-state index in [2.05, 4.69) is 5.32 Å². The molecule has 7 heteroatoms. The molecule has 0 bridgehead atoms. The molecule has 1 N–H and O–H groups in total. The van der Waals surface area contributed by atoms with Gasteiger partial charge in [-0.15, -0.1) is 11.8 Å². The van der Waals surface area contributed by atoms with Gasteiger partial charge < -0.3 is 10.1 Å². The second-order valence-electron chi connectivity index (χ2n) is 5.69. The van der Waals surface area contributed by atoms with Gasteiger partial charge in [0.05, 0.1) is 16.3 Å². The van der Waals surface area contributed by atoms with Crippen LogP contribution in [-0.4, -0.2) is 22.2 Å². The number of nitro groups is 1. The maximum absolute atomic E-state index is 12.3. The van der Waals surface area contributed by atoms with E-state index in [1.807, 2.05) is 26.0 Å². The van der Waals surface area contributed by atoms with Gasteiger partial charge in [-0.25, -0.2) is 0 Å². The van der Waals surface area contributed by atoms with Crippen LogP contribution in [-0.2, 0) is 4.79 Å². The minimum atomic E-state index is -0.447. The van der Waals surface area contributed by atoms with E-state index in [4.69, 9.17) is 4.74 Å². The number of ether oxygens (including phenoxy) is 1. The highest BCUT2D eigenvalue weighted by Gasteiger charge is 2.15. The van der Waals surface area contributed by atoms with Crippen LogP contribution in [0.15, 0.2) is 53.4 Å². The third-order valence-corrected chi connectivity index (χ3v) is 4.34. The number of nitrogens with one attached hydrogen (secondary N) is 1. The van der Waals surface area contributed by atoms with Crippen molar-refractivity contribution in [2.45, 2.75) is 37.0 Å². The number of thioether (sulfide) groups is 1. The Kier molecular flexibility index (Phi) is 6.41. The highest BCUT2D eigenvalue weighted by Crippen LogP contribution is 2.26. The number of hydrogen-bond acceptors (Lipinski definition) is 5. The Morgan fingerprint density at radius 3 is 2.20 bits per heavy atom. The fourth-order valence-electron chi connectivity index (χ4n) is 2.04. The predicted octanol–water partition coefficient (Wildman–Crippen LogP) is 4.50. The fourth-order valence-corrected chi connectivity index (χ4v) is 2.90. The second-order valence-corrected chi connectivity index (χ2v) is 7.11. The molecule has 0 fully saturated rings. The quantitative estimate of drug-likeness (QED) is 0.446. The molecule has 0 aliphatic rings. The number of carbonyl (C=O) groups excluding carboxylic acids is 1. The van der Waals surface area contributed by atoms with Crippen LogP contribution in [0, 0.1) is 10.1 Å². The van der Waals surface area contributed by atoms with E-state index in [9.17, 15) is 14.9 Å². The smallest absolute Gasteiger partial charge is 0.269 e. The SMILES string of the molecule is CC(C)Oc1ccc(NC(=O)C(C)Sc2ccc([N+](=O)[O-])cc2)cc1. The number of rotatable bonds is 7. The third kappa shape index (κ3) is 5.79. The van der Waals surface area contributed by atoms with Gasteiger partial charge >= 0.3 is 0 Å². The fraction of sp³-hybridized carbons (Fsp3) is 0.278. The molecular weight excluding hydrogens is 340 g/mol. The highest BCUT2D eigenvalue weighted by molar-refractivity contribution is 8.00. The monoisotopic (exact) mass is 360 g/mol. The van der Waals surface area contributed by atoms with Crippen molar-refractivity contribution >= 4 is 29.0 Å². The summed E-state index contributed by atoms with van der Waals surface area (Å²) in [4.78, 5) is 23.3. The first-order chi connectivity index (χ1) is 11.8. The Bertz CT molecular complexity index is 730. The Balaban J connectivity index is 1.92. The van der Waals surface area contributed by atoms with E-state index >= 15 is 0 Å². The Hall–Kier alpha value is -2.54. The molecule has 2 aromatic rings. The maximum atomic E-state index is 12.3. The number of nitro benzene ring substituents is 1. The third-order valence-electron chi connectivity index (χ3n) is 3.22. The van der Waals surface area contributed by atoms with Crippen molar-refractivity contribution in [3.8, 4) is 5.75 Å². The average molecular weight is 360 g/mol. The molecule has 0 spiro atoms. The number of nitrogens with zero attached hydrogens (tertiary/aromatic N) is 1. The van der Waals surface area contributed by atoms with Crippen LogP contribution in [0.5, 0.6) is 5.75 Å². The van der Waals surface area contributed by atoms with E-state index in [1.54, 1.807) is 31.2 Å². The van der Waals surface area contributed by atoms with Crippen LogP contribution >= 0.6 is 11.8 Å². The number of carbonyl (C=O) groups is 1. The largest absolute Gasteiger partial charge is 0.491 e. The zero-order valence-electron chi connectivity index (χ0n) is 14.3. The molecule has 6 nitrogen and oxygen atoms in total. The molecule has 0 heterocycles. The van der Waals surface area contributed by atoms with E-state index in [0.717, 1.165) is 10.6 Å². The van der Waals surface area contributed by atoms with Crippen molar-refractivity contribution in [1.82, 2.24) is 0 Å². The van der Waals surface area contributed by atoms with Crippen LogP contribution in [0.2, 0.25) is 0 Å². The van der Waals surface area contributed by atoms with Crippen molar-refractivity contribution in [2.75, 3.05) is 5.32 Å². The second kappa shape index (κ2) is 8.53. The van der Waals surface area contributed by atoms with Crippen LogP contribution in [0.4, 0.5) is 11.4 Å². The summed E-state index contributed by atoms with van der Waals surface area (Å²) in [6, 6.07) is 13.3. The maximum Gasteiger partial charge on any atom is 0.269 e. The summed E-state index contributed by atoms with van der Waals surface area (Å²) in [5.41, 5.74) is 0.724. The van der Waals surface area contributed by atoms with Gasteiger partial charge in [-0.05, 0) is 57.2 Å². The summed E-state index contributed by atoms with van der Waals surface area (Å²) < 4.78 is 5.56. The standard InChI is InChI=1S/C18H20N2O4S/c1-12(2)24-16-8-4-14(5-9-16)19-18(21)13(3)25-17-10-6-15(7-11-17)20(22)23/h4-13H,1-3H3,(H,19,21). The molecule has 1 unspecified atom stereocenters. The first-order valence-corrected chi connectivity index (χ1v) is 8.72. The molecule has 25 heavy (non-hydrogen) atoms. The van der Waals surface area contributed by atoms with Crippen LogP contribution in [0.3, 0.4) is 0 Å². The molecule has 1 atom stereocenters. The van der Waals surface area contributed by atoms with Crippen molar-refractivity contribution in [1.29, 1.82) is 0 Å². The molecule has 0 aliphatic heterocycles. The Morgan fingerprint density at radius 1 is 1.08 bits per heavy atom. The van der Waals surface area contributed by atoms with Gasteiger partial charge in [0.15, 0.2) is 0 Å². The van der Waals surface area contributed by atoms with E-state index < -0.39 is 4.92 Å². The lowest BCUT2D eigenvalue weighted by Gasteiger charge is -2.13. The van der Waals surface area contributed by atoms with Crippen molar-refractivity contribution in [3.63, 3.8) is 0 Å². The van der Waals surface area contributed by atoms with E-state index in [0.29, 0.717) is 5.69 Å². The summed E-state index contributed by atoms with van der Waals surface area (Å²) in [5.74, 6) is 0.613. The molecule has 0 radical (unpaired) electrons. The van der Waals surface area contributed by atoms with Gasteiger partial charge in [0.25, 0.3) is 5.69 Å². The van der Waals surface area contributed by atoms with Crippen molar-refractivity contribution in [3.05, 3.63) is 58.6 Å². The molecule has 0 aromatic heterocycles. The van der Waals surface area contributed by atoms with E-state index in [1.165, 1.54) is 23.9 Å². The van der Waals surface area contributed by atoms with Gasteiger partial charge in [-0.2, -0.15) is 0 Å².